The van der Waals surface area contributed by atoms with Crippen molar-refractivity contribution < 1.29 is 4.79 Å². The smallest absolute Gasteiger partial charge is 0.237 e. The van der Waals surface area contributed by atoms with Gasteiger partial charge in [0.15, 0.2) is 5.82 Å². The van der Waals surface area contributed by atoms with Crippen LogP contribution in [0.1, 0.15) is 30.0 Å². The molecular formula is C21H23N5OS. The molecule has 0 spiro atoms. The monoisotopic (exact) mass is 393 g/mol. The summed E-state index contributed by atoms with van der Waals surface area (Å²) >= 11 is 1.30. The molecule has 1 amide bonds. The lowest BCUT2D eigenvalue weighted by Crippen LogP contribution is -2.23. The van der Waals surface area contributed by atoms with Crippen LogP contribution < -0.4 is 11.2 Å². The number of fused-ring (bicyclic) bond motifs is 1. The van der Waals surface area contributed by atoms with Gasteiger partial charge in [-0.3, -0.25) is 4.79 Å². The first-order chi connectivity index (χ1) is 13.5. The number of aryl methyl sites for hydroxylation is 3. The Hall–Kier alpha value is -2.80. The molecule has 6 nitrogen and oxygen atoms in total. The highest BCUT2D eigenvalue weighted by Crippen LogP contribution is 2.28. The van der Waals surface area contributed by atoms with Crippen molar-refractivity contribution >= 4 is 23.4 Å². The van der Waals surface area contributed by atoms with Crippen LogP contribution in [0, 0.1) is 6.92 Å². The van der Waals surface area contributed by atoms with Crippen LogP contribution in [0.5, 0.6) is 0 Å². The number of rotatable bonds is 5. The molecule has 0 fully saturated rings. The van der Waals surface area contributed by atoms with Crippen molar-refractivity contribution in [1.29, 1.82) is 0 Å². The van der Waals surface area contributed by atoms with Crippen LogP contribution in [0.2, 0.25) is 0 Å². The topological polar surface area (TPSA) is 85.8 Å². The minimum absolute atomic E-state index is 0.0802. The van der Waals surface area contributed by atoms with E-state index in [0.29, 0.717) is 11.0 Å². The average Bonchev–Trinajstić information content (AvgIpc) is 3.29. The van der Waals surface area contributed by atoms with E-state index in [4.69, 9.17) is 5.84 Å². The van der Waals surface area contributed by atoms with Crippen LogP contribution >= 0.6 is 11.8 Å². The number of carbonyl (C=O) groups excluding carboxylic acids is 1. The van der Waals surface area contributed by atoms with Crippen LogP contribution in [0.3, 0.4) is 0 Å². The Balaban J connectivity index is 1.46. The van der Waals surface area contributed by atoms with Crippen LogP contribution in [0.4, 0.5) is 5.69 Å². The third-order valence-electron chi connectivity index (χ3n) is 5.07. The van der Waals surface area contributed by atoms with E-state index in [9.17, 15) is 4.79 Å². The van der Waals surface area contributed by atoms with E-state index in [2.05, 4.69) is 27.6 Å². The second-order valence-electron chi connectivity index (χ2n) is 7.08. The molecule has 7 heteroatoms. The highest BCUT2D eigenvalue weighted by molar-refractivity contribution is 8.00. The standard InChI is InChI=1S/C21H23N5OS/c1-13-6-3-4-9-18(13)19-24-25-21(26(19)22)28-14(2)20(27)23-17-11-10-15-7-5-8-16(15)12-17/h3-4,6,9-12,14H,5,7-8,22H2,1-2H3,(H,23,27)/t14-/m0/s1. The molecule has 3 N–H and O–H groups in total. The van der Waals surface area contributed by atoms with E-state index in [-0.39, 0.29) is 11.2 Å². The van der Waals surface area contributed by atoms with Gasteiger partial charge in [-0.25, -0.2) is 4.68 Å². The van der Waals surface area contributed by atoms with Crippen LogP contribution in [-0.2, 0) is 17.6 Å². The van der Waals surface area contributed by atoms with Gasteiger partial charge in [-0.2, -0.15) is 0 Å². The van der Waals surface area contributed by atoms with Gasteiger partial charge in [0.1, 0.15) is 0 Å². The van der Waals surface area contributed by atoms with Crippen molar-refractivity contribution in [2.24, 2.45) is 0 Å². The fourth-order valence-electron chi connectivity index (χ4n) is 3.47. The van der Waals surface area contributed by atoms with E-state index >= 15 is 0 Å². The van der Waals surface area contributed by atoms with Crippen LogP contribution in [0.25, 0.3) is 11.4 Å². The molecule has 1 aromatic heterocycles. The van der Waals surface area contributed by atoms with Gasteiger partial charge in [0.25, 0.3) is 0 Å². The van der Waals surface area contributed by atoms with E-state index in [1.165, 1.54) is 34.0 Å². The molecule has 0 radical (unpaired) electrons. The number of anilines is 1. The zero-order valence-corrected chi connectivity index (χ0v) is 16.8. The molecule has 1 aliphatic rings. The van der Waals surface area contributed by atoms with E-state index in [1.54, 1.807) is 0 Å². The molecule has 0 saturated heterocycles. The molecule has 2 aromatic carbocycles. The lowest BCUT2D eigenvalue weighted by atomic mass is 10.1. The fourth-order valence-corrected chi connectivity index (χ4v) is 4.24. The van der Waals surface area contributed by atoms with Gasteiger partial charge in [0, 0.05) is 11.3 Å². The summed E-state index contributed by atoms with van der Waals surface area (Å²) in [6, 6.07) is 14.0. The summed E-state index contributed by atoms with van der Waals surface area (Å²) in [5.74, 6) is 6.72. The van der Waals surface area contributed by atoms with Gasteiger partial charge in [0.2, 0.25) is 11.1 Å². The fraction of sp³-hybridized carbons (Fsp3) is 0.286. The first-order valence-electron chi connectivity index (χ1n) is 9.39. The molecule has 0 aliphatic heterocycles. The molecule has 4 rings (SSSR count). The molecule has 3 aromatic rings. The van der Waals surface area contributed by atoms with Crippen LogP contribution in [0.15, 0.2) is 47.6 Å². The summed E-state index contributed by atoms with van der Waals surface area (Å²) in [6.45, 7) is 3.85. The second kappa shape index (κ2) is 7.67. The van der Waals surface area contributed by atoms with Gasteiger partial charge in [-0.1, -0.05) is 42.1 Å². The maximum atomic E-state index is 12.6. The predicted molar refractivity (Wildman–Crippen MR) is 113 cm³/mol. The molecule has 0 bridgehead atoms. The zero-order chi connectivity index (χ0) is 19.7. The van der Waals surface area contributed by atoms with E-state index < -0.39 is 0 Å². The number of aromatic nitrogens is 3. The normalized spacial score (nSPS) is 13.9. The Morgan fingerprint density at radius 2 is 1.96 bits per heavy atom. The molecule has 28 heavy (non-hydrogen) atoms. The lowest BCUT2D eigenvalue weighted by Gasteiger charge is -2.12. The van der Waals surface area contributed by atoms with Gasteiger partial charge in [0.05, 0.1) is 5.25 Å². The average molecular weight is 394 g/mol. The summed E-state index contributed by atoms with van der Waals surface area (Å²) < 4.78 is 1.45. The van der Waals surface area contributed by atoms with Crippen molar-refractivity contribution in [2.75, 3.05) is 11.2 Å². The number of hydrogen-bond donors (Lipinski definition) is 2. The molecular weight excluding hydrogens is 370 g/mol. The first kappa shape index (κ1) is 18.6. The Morgan fingerprint density at radius 3 is 2.79 bits per heavy atom. The minimum atomic E-state index is -0.357. The van der Waals surface area contributed by atoms with Crippen molar-refractivity contribution in [3.8, 4) is 11.4 Å². The lowest BCUT2D eigenvalue weighted by molar-refractivity contribution is -0.115. The number of hydrogen-bond acceptors (Lipinski definition) is 5. The van der Waals surface area contributed by atoms with Crippen molar-refractivity contribution in [2.45, 2.75) is 43.5 Å². The number of thioether (sulfide) groups is 1. The highest BCUT2D eigenvalue weighted by Gasteiger charge is 2.21. The Bertz CT molecular complexity index is 1030. The summed E-state index contributed by atoms with van der Waals surface area (Å²) in [4.78, 5) is 12.6. The predicted octanol–water partition coefficient (Wildman–Crippen LogP) is 3.58. The minimum Gasteiger partial charge on any atom is -0.335 e. The number of amides is 1. The maximum absolute atomic E-state index is 12.6. The molecule has 1 heterocycles. The van der Waals surface area contributed by atoms with Crippen molar-refractivity contribution in [3.05, 3.63) is 59.2 Å². The van der Waals surface area contributed by atoms with Crippen LogP contribution in [-0.4, -0.2) is 26.0 Å². The molecule has 144 valence electrons. The largest absolute Gasteiger partial charge is 0.335 e. The number of nitrogens with zero attached hydrogens (tertiary/aromatic N) is 3. The van der Waals surface area contributed by atoms with E-state index in [0.717, 1.165) is 29.7 Å². The zero-order valence-electron chi connectivity index (χ0n) is 16.0. The van der Waals surface area contributed by atoms with Gasteiger partial charge in [-0.05, 0) is 61.9 Å². The molecule has 0 saturated carbocycles. The first-order valence-corrected chi connectivity index (χ1v) is 10.3. The quantitative estimate of drug-likeness (QED) is 0.511. The summed E-state index contributed by atoms with van der Waals surface area (Å²) in [7, 11) is 0. The number of nitrogens with one attached hydrogen (secondary N) is 1. The number of benzene rings is 2. The molecule has 0 unspecified atom stereocenters. The summed E-state index contributed by atoms with van der Waals surface area (Å²) in [5.41, 5.74) is 5.57. The Morgan fingerprint density at radius 1 is 1.18 bits per heavy atom. The van der Waals surface area contributed by atoms with Gasteiger partial charge in [-0.15, -0.1) is 10.2 Å². The molecule has 1 atom stereocenters. The number of carbonyl (C=O) groups is 1. The Kier molecular flexibility index (Phi) is 5.09. The van der Waals surface area contributed by atoms with E-state index in [1.807, 2.05) is 44.2 Å². The summed E-state index contributed by atoms with van der Waals surface area (Å²) in [5, 5.41) is 11.6. The SMILES string of the molecule is Cc1ccccc1-c1nnc(S[C@@H](C)C(=O)Nc2ccc3c(c2)CCC3)n1N. The number of nitrogens with two attached hydrogens (primary N) is 1. The Labute approximate surface area is 168 Å². The van der Waals surface area contributed by atoms with Gasteiger partial charge < -0.3 is 11.2 Å². The van der Waals surface area contributed by atoms with Crippen molar-refractivity contribution in [3.63, 3.8) is 0 Å². The maximum Gasteiger partial charge on any atom is 0.237 e. The third-order valence-corrected chi connectivity index (χ3v) is 6.12. The molecule has 1 aliphatic carbocycles. The van der Waals surface area contributed by atoms with Crippen molar-refractivity contribution in [1.82, 2.24) is 14.9 Å². The second-order valence-corrected chi connectivity index (χ2v) is 8.39. The number of nitrogen functional groups attached to an aromatic ring is 1. The highest BCUT2D eigenvalue weighted by atomic mass is 32.2. The summed E-state index contributed by atoms with van der Waals surface area (Å²) in [6.07, 6.45) is 3.40. The third kappa shape index (κ3) is 3.62. The van der Waals surface area contributed by atoms with Gasteiger partial charge >= 0.3 is 0 Å².